The minimum absolute atomic E-state index is 0.0129. The monoisotopic (exact) mass is 368 g/mol. The Morgan fingerprint density at radius 2 is 1.65 bits per heavy atom. The van der Waals surface area contributed by atoms with E-state index in [9.17, 15) is 19.8 Å². The molecule has 1 heterocycles. The summed E-state index contributed by atoms with van der Waals surface area (Å²) in [7, 11) is 0. The molecule has 8 atom stereocenters. The molecule has 0 aromatic rings. The van der Waals surface area contributed by atoms with Crippen LogP contribution >= 0.6 is 0 Å². The molecule has 0 aromatic carbocycles. The van der Waals surface area contributed by atoms with Crippen LogP contribution in [0.25, 0.3) is 0 Å². The van der Waals surface area contributed by atoms with Crippen molar-refractivity contribution in [1.82, 2.24) is 0 Å². The molecule has 0 radical (unpaired) electrons. The van der Waals surface area contributed by atoms with Crippen LogP contribution in [0, 0.1) is 29.6 Å². The molecule has 150 valence electrons. The molecule has 26 heavy (non-hydrogen) atoms. The fourth-order valence-corrected chi connectivity index (χ4v) is 3.98. The lowest BCUT2D eigenvalue weighted by molar-refractivity contribution is -0.151. The molecule has 5 nitrogen and oxygen atoms in total. The molecule has 2 N–H and O–H groups in total. The Morgan fingerprint density at radius 3 is 2.19 bits per heavy atom. The molecule has 1 aliphatic rings. The maximum atomic E-state index is 12.8. The number of ketones is 1. The molecule has 0 fully saturated rings. The predicted molar refractivity (Wildman–Crippen MR) is 101 cm³/mol. The summed E-state index contributed by atoms with van der Waals surface area (Å²) in [6, 6.07) is 0. The van der Waals surface area contributed by atoms with Gasteiger partial charge in [-0.15, -0.1) is 0 Å². The second-order valence-electron chi connectivity index (χ2n) is 8.21. The summed E-state index contributed by atoms with van der Waals surface area (Å²) in [6.07, 6.45) is 0.838. The smallest absolute Gasteiger partial charge is 0.333 e. The maximum absolute atomic E-state index is 12.8. The summed E-state index contributed by atoms with van der Waals surface area (Å²) in [6.45, 7) is 12.8. The standard InChI is InChI=1S/C21H36O5/c1-8-17-15(6)20(24)16(7)19(23)13(4)9-11(2)18(22)12(3)10-14(5)21(25)26-17/h10-13,15-18,20,22,24H,8-9H2,1-7H3/b14-10-/t11-,12-,13+,15-,16-,17+,18-,20-/m0/s1. The fraction of sp³-hybridized carbons (Fsp3) is 0.810. The van der Waals surface area contributed by atoms with Gasteiger partial charge in [0.15, 0.2) is 0 Å². The highest BCUT2D eigenvalue weighted by molar-refractivity contribution is 5.88. The molecule has 0 saturated carbocycles. The summed E-state index contributed by atoms with van der Waals surface area (Å²) in [5.41, 5.74) is 0.457. The van der Waals surface area contributed by atoms with E-state index in [1.165, 1.54) is 0 Å². The molecule has 1 rings (SSSR count). The number of esters is 1. The van der Waals surface area contributed by atoms with Crippen LogP contribution in [0.5, 0.6) is 0 Å². The van der Waals surface area contributed by atoms with Gasteiger partial charge in [-0.05, 0) is 25.7 Å². The normalized spacial score (nSPS) is 43.2. The molecular formula is C21H36O5. The van der Waals surface area contributed by atoms with Crippen molar-refractivity contribution in [2.75, 3.05) is 0 Å². The molecule has 0 aromatic heterocycles. The highest BCUT2D eigenvalue weighted by Crippen LogP contribution is 2.29. The summed E-state index contributed by atoms with van der Waals surface area (Å²) in [5, 5.41) is 21.2. The largest absolute Gasteiger partial charge is 0.459 e. The zero-order chi connectivity index (χ0) is 20.2. The lowest BCUT2D eigenvalue weighted by atomic mass is 9.78. The zero-order valence-electron chi connectivity index (χ0n) is 17.2. The first-order valence-electron chi connectivity index (χ1n) is 9.80. The number of hydrogen-bond acceptors (Lipinski definition) is 5. The van der Waals surface area contributed by atoms with E-state index < -0.39 is 30.2 Å². The quantitative estimate of drug-likeness (QED) is 0.695. The Balaban J connectivity index is 3.24. The minimum atomic E-state index is -0.880. The van der Waals surface area contributed by atoms with Crippen LogP contribution in [0.3, 0.4) is 0 Å². The number of hydrogen-bond donors (Lipinski definition) is 2. The van der Waals surface area contributed by atoms with Gasteiger partial charge in [0.25, 0.3) is 0 Å². The number of carbonyl (C=O) groups is 2. The fourth-order valence-electron chi connectivity index (χ4n) is 3.98. The Bertz CT molecular complexity index is 526. The molecule has 0 unspecified atom stereocenters. The van der Waals surface area contributed by atoms with Crippen LogP contribution in [-0.2, 0) is 14.3 Å². The third-order valence-corrected chi connectivity index (χ3v) is 5.91. The molecule has 1 aliphatic heterocycles. The van der Waals surface area contributed by atoms with Gasteiger partial charge in [-0.1, -0.05) is 47.6 Å². The van der Waals surface area contributed by atoms with Gasteiger partial charge in [0.2, 0.25) is 0 Å². The van der Waals surface area contributed by atoms with Gasteiger partial charge in [0.05, 0.1) is 12.2 Å². The SMILES string of the molecule is CC[C@H]1OC(=O)/C(C)=C\[C@H](C)[C@@H](O)[C@@H](C)C[C@@H](C)C(=O)[C@H](C)[C@@H](O)[C@H]1C. The number of ether oxygens (including phenoxy) is 1. The van der Waals surface area contributed by atoms with Crippen molar-refractivity contribution in [3.8, 4) is 0 Å². The average Bonchev–Trinajstić information content (AvgIpc) is 2.61. The molecule has 0 spiro atoms. The van der Waals surface area contributed by atoms with Crippen LogP contribution in [-0.4, -0.2) is 40.3 Å². The molecule has 0 bridgehead atoms. The highest BCUT2D eigenvalue weighted by atomic mass is 16.5. The second-order valence-corrected chi connectivity index (χ2v) is 8.21. The average molecular weight is 369 g/mol. The third kappa shape index (κ3) is 5.40. The van der Waals surface area contributed by atoms with Crippen molar-refractivity contribution in [1.29, 1.82) is 0 Å². The predicted octanol–water partition coefficient (Wildman–Crippen LogP) is 3.13. The van der Waals surface area contributed by atoms with E-state index in [4.69, 9.17) is 4.74 Å². The maximum Gasteiger partial charge on any atom is 0.333 e. The van der Waals surface area contributed by atoms with Crippen molar-refractivity contribution in [3.05, 3.63) is 11.6 Å². The van der Waals surface area contributed by atoms with Gasteiger partial charge in [0, 0.05) is 29.2 Å². The van der Waals surface area contributed by atoms with Crippen molar-refractivity contribution in [2.24, 2.45) is 29.6 Å². The van der Waals surface area contributed by atoms with E-state index in [2.05, 4.69) is 0 Å². The summed E-state index contributed by atoms with van der Waals surface area (Å²) >= 11 is 0. The van der Waals surface area contributed by atoms with E-state index in [-0.39, 0.29) is 29.5 Å². The number of carbonyl (C=O) groups excluding carboxylic acids is 2. The Morgan fingerprint density at radius 1 is 1.08 bits per heavy atom. The number of rotatable bonds is 1. The van der Waals surface area contributed by atoms with Gasteiger partial charge in [-0.25, -0.2) is 4.79 Å². The zero-order valence-corrected chi connectivity index (χ0v) is 17.2. The topological polar surface area (TPSA) is 83.8 Å². The van der Waals surface area contributed by atoms with Crippen LogP contribution in [0.1, 0.15) is 61.3 Å². The number of cyclic esters (lactones) is 1. The van der Waals surface area contributed by atoms with Gasteiger partial charge in [0.1, 0.15) is 11.9 Å². The summed E-state index contributed by atoms with van der Waals surface area (Å²) in [5.74, 6) is -1.91. The van der Waals surface area contributed by atoms with E-state index in [0.29, 0.717) is 18.4 Å². The molecule has 0 aliphatic carbocycles. The number of aliphatic hydroxyl groups excluding tert-OH is 2. The lowest BCUT2D eigenvalue weighted by Crippen LogP contribution is -2.41. The van der Waals surface area contributed by atoms with Crippen molar-refractivity contribution < 1.29 is 24.5 Å². The Labute approximate surface area is 157 Å². The van der Waals surface area contributed by atoms with Crippen molar-refractivity contribution in [3.63, 3.8) is 0 Å². The van der Waals surface area contributed by atoms with Crippen LogP contribution in [0.15, 0.2) is 11.6 Å². The van der Waals surface area contributed by atoms with Gasteiger partial charge in [-0.2, -0.15) is 0 Å². The van der Waals surface area contributed by atoms with E-state index in [1.807, 2.05) is 34.6 Å². The summed E-state index contributed by atoms with van der Waals surface area (Å²) < 4.78 is 5.60. The van der Waals surface area contributed by atoms with Gasteiger partial charge < -0.3 is 14.9 Å². The number of aliphatic hydroxyl groups is 2. The van der Waals surface area contributed by atoms with Crippen LogP contribution < -0.4 is 0 Å². The van der Waals surface area contributed by atoms with E-state index in [1.54, 1.807) is 19.9 Å². The first-order chi connectivity index (χ1) is 12.0. The van der Waals surface area contributed by atoms with Crippen LogP contribution in [0.4, 0.5) is 0 Å². The van der Waals surface area contributed by atoms with E-state index >= 15 is 0 Å². The third-order valence-electron chi connectivity index (χ3n) is 5.91. The first kappa shape index (κ1) is 22.8. The van der Waals surface area contributed by atoms with Gasteiger partial charge >= 0.3 is 5.97 Å². The molecule has 5 heteroatoms. The molecular weight excluding hydrogens is 332 g/mol. The lowest BCUT2D eigenvalue weighted by Gasteiger charge is -2.32. The van der Waals surface area contributed by atoms with Gasteiger partial charge in [-0.3, -0.25) is 4.79 Å². The Hall–Kier alpha value is -1.20. The van der Waals surface area contributed by atoms with E-state index in [0.717, 1.165) is 0 Å². The Kier molecular flexibility index (Phi) is 8.48. The molecule has 0 saturated heterocycles. The first-order valence-corrected chi connectivity index (χ1v) is 9.80. The molecule has 0 amide bonds. The van der Waals surface area contributed by atoms with Crippen LogP contribution in [0.2, 0.25) is 0 Å². The highest BCUT2D eigenvalue weighted by Gasteiger charge is 2.36. The van der Waals surface area contributed by atoms with Crippen molar-refractivity contribution >= 4 is 11.8 Å². The summed E-state index contributed by atoms with van der Waals surface area (Å²) in [4.78, 5) is 25.2. The number of Topliss-reactive ketones (excluding diaryl/α,β-unsaturated/α-hetero) is 1. The second kappa shape index (κ2) is 9.65. The minimum Gasteiger partial charge on any atom is -0.459 e. The van der Waals surface area contributed by atoms with Crippen molar-refractivity contribution in [2.45, 2.75) is 79.6 Å².